The minimum absolute atomic E-state index is 0.242. The molecule has 4 aromatic rings. The van der Waals surface area contributed by atoms with Gasteiger partial charge in [0.15, 0.2) is 5.65 Å². The molecule has 0 atom stereocenters. The molecule has 0 saturated carbocycles. The molecular formula is C21H19N5O2. The molecule has 0 unspecified atom stereocenters. The highest BCUT2D eigenvalue weighted by Gasteiger charge is 2.16. The number of hydrogen-bond donors (Lipinski definition) is 2. The molecule has 0 fully saturated rings. The van der Waals surface area contributed by atoms with Crippen molar-refractivity contribution in [2.45, 2.75) is 0 Å². The van der Waals surface area contributed by atoms with Gasteiger partial charge in [-0.1, -0.05) is 36.4 Å². The van der Waals surface area contributed by atoms with E-state index in [2.05, 4.69) is 15.3 Å². The average molecular weight is 373 g/mol. The number of anilines is 3. The number of benzene rings is 2. The summed E-state index contributed by atoms with van der Waals surface area (Å²) in [6.45, 7) is 0. The maximum Gasteiger partial charge on any atom is 0.334 e. The molecular weight excluding hydrogens is 354 g/mol. The smallest absolute Gasteiger partial charge is 0.334 e. The topological polar surface area (TPSA) is 83.0 Å². The van der Waals surface area contributed by atoms with E-state index in [0.717, 1.165) is 10.3 Å². The summed E-state index contributed by atoms with van der Waals surface area (Å²) >= 11 is 0. The van der Waals surface area contributed by atoms with Gasteiger partial charge in [-0.25, -0.2) is 14.3 Å². The van der Waals surface area contributed by atoms with Gasteiger partial charge in [-0.2, -0.15) is 0 Å². The van der Waals surface area contributed by atoms with E-state index in [9.17, 15) is 9.59 Å². The van der Waals surface area contributed by atoms with Crippen LogP contribution in [0.5, 0.6) is 0 Å². The third-order valence-electron chi connectivity index (χ3n) is 4.38. The first-order valence-electron chi connectivity index (χ1n) is 8.79. The predicted molar refractivity (Wildman–Crippen MR) is 112 cm³/mol. The van der Waals surface area contributed by atoms with Crippen LogP contribution in [-0.4, -0.2) is 28.6 Å². The average Bonchev–Trinajstić information content (AvgIpc) is 2.69. The molecule has 2 aromatic carbocycles. The minimum Gasteiger partial charge on any atom is -0.363 e. The summed E-state index contributed by atoms with van der Waals surface area (Å²) in [7, 11) is 3.70. The van der Waals surface area contributed by atoms with Crippen molar-refractivity contribution in [3.05, 3.63) is 87.6 Å². The van der Waals surface area contributed by atoms with E-state index in [0.29, 0.717) is 22.6 Å². The Hall–Kier alpha value is -3.87. The fourth-order valence-electron chi connectivity index (χ4n) is 3.02. The molecule has 0 aliphatic rings. The molecule has 0 amide bonds. The monoisotopic (exact) mass is 373 g/mol. The zero-order valence-corrected chi connectivity index (χ0v) is 15.5. The molecule has 2 heterocycles. The van der Waals surface area contributed by atoms with Gasteiger partial charge < -0.3 is 10.2 Å². The Labute approximate surface area is 160 Å². The van der Waals surface area contributed by atoms with Crippen LogP contribution in [0.3, 0.4) is 0 Å². The van der Waals surface area contributed by atoms with E-state index in [1.807, 2.05) is 55.4 Å². The summed E-state index contributed by atoms with van der Waals surface area (Å²) in [5, 5.41) is 3.60. The summed E-state index contributed by atoms with van der Waals surface area (Å²) in [5.74, 6) is 0.624. The number of aromatic amines is 1. The minimum atomic E-state index is -0.530. The largest absolute Gasteiger partial charge is 0.363 e. The highest BCUT2D eigenvalue weighted by Crippen LogP contribution is 2.26. The molecule has 2 N–H and O–H groups in total. The van der Waals surface area contributed by atoms with Crippen LogP contribution in [0.4, 0.5) is 17.2 Å². The number of H-pyrrole nitrogens is 1. The van der Waals surface area contributed by atoms with Gasteiger partial charge >= 0.3 is 5.69 Å². The van der Waals surface area contributed by atoms with Crippen LogP contribution >= 0.6 is 0 Å². The van der Waals surface area contributed by atoms with Crippen LogP contribution in [0, 0.1) is 0 Å². The van der Waals surface area contributed by atoms with Crippen LogP contribution in [-0.2, 0) is 0 Å². The normalized spacial score (nSPS) is 10.8. The highest BCUT2D eigenvalue weighted by molar-refractivity contribution is 5.92. The molecule has 0 aliphatic heterocycles. The van der Waals surface area contributed by atoms with Crippen molar-refractivity contribution < 1.29 is 0 Å². The maximum atomic E-state index is 13.3. The standard InChI is InChI=1S/C21H19N5O2/c1-25(2)17-13-16(22-14-9-5-3-6-10-14)18-19(23-17)24-21(28)26(20(18)27)15-11-7-4-8-12-15/h3-13H,1-2H3,(H2,22,23,24,28). The highest BCUT2D eigenvalue weighted by atomic mass is 16.2. The summed E-state index contributed by atoms with van der Waals surface area (Å²) in [5.41, 5.74) is 1.19. The quantitative estimate of drug-likeness (QED) is 0.575. The van der Waals surface area contributed by atoms with Gasteiger partial charge in [0.2, 0.25) is 0 Å². The van der Waals surface area contributed by atoms with Crippen molar-refractivity contribution in [3.8, 4) is 5.69 Å². The lowest BCUT2D eigenvalue weighted by molar-refractivity contribution is 0.894. The zero-order chi connectivity index (χ0) is 19.7. The van der Waals surface area contributed by atoms with Crippen molar-refractivity contribution in [2.24, 2.45) is 0 Å². The van der Waals surface area contributed by atoms with Crippen LogP contribution in [0.15, 0.2) is 76.3 Å². The molecule has 0 bridgehead atoms. The lowest BCUT2D eigenvalue weighted by Crippen LogP contribution is -2.34. The summed E-state index contributed by atoms with van der Waals surface area (Å²) in [6.07, 6.45) is 0. The lowest BCUT2D eigenvalue weighted by Gasteiger charge is -2.16. The Bertz CT molecular complexity index is 1250. The van der Waals surface area contributed by atoms with Crippen LogP contribution < -0.4 is 21.5 Å². The summed E-state index contributed by atoms with van der Waals surface area (Å²) < 4.78 is 1.12. The van der Waals surface area contributed by atoms with Gasteiger partial charge in [-0.15, -0.1) is 0 Å². The molecule has 140 valence electrons. The van der Waals surface area contributed by atoms with Gasteiger partial charge in [0, 0.05) is 25.8 Å². The molecule has 0 spiro atoms. The zero-order valence-electron chi connectivity index (χ0n) is 15.5. The lowest BCUT2D eigenvalue weighted by atomic mass is 10.2. The summed E-state index contributed by atoms with van der Waals surface area (Å²) in [6, 6.07) is 20.2. The third kappa shape index (κ3) is 3.14. The first-order chi connectivity index (χ1) is 13.5. The molecule has 7 heteroatoms. The fraction of sp³-hybridized carbons (Fsp3) is 0.0952. The Morgan fingerprint density at radius 2 is 1.61 bits per heavy atom. The molecule has 7 nitrogen and oxygen atoms in total. The number of fused-ring (bicyclic) bond motifs is 1. The van der Waals surface area contributed by atoms with Crippen molar-refractivity contribution in [3.63, 3.8) is 0 Å². The van der Waals surface area contributed by atoms with E-state index in [1.54, 1.807) is 30.3 Å². The first-order valence-corrected chi connectivity index (χ1v) is 8.79. The molecule has 0 radical (unpaired) electrons. The maximum absolute atomic E-state index is 13.3. The molecule has 4 rings (SSSR count). The molecule has 2 aromatic heterocycles. The number of nitrogens with zero attached hydrogens (tertiary/aromatic N) is 3. The van der Waals surface area contributed by atoms with Crippen molar-refractivity contribution in [1.82, 2.24) is 14.5 Å². The SMILES string of the molecule is CN(C)c1cc(Nc2ccccc2)c2c(=O)n(-c3ccccc3)c(=O)[nH]c2n1. The van der Waals surface area contributed by atoms with Crippen LogP contribution in [0.1, 0.15) is 0 Å². The predicted octanol–water partition coefficient (Wildman–Crippen LogP) is 2.88. The molecule has 0 saturated heterocycles. The number of rotatable bonds is 4. The van der Waals surface area contributed by atoms with E-state index in [1.165, 1.54) is 0 Å². The van der Waals surface area contributed by atoms with Crippen molar-refractivity contribution >= 4 is 28.2 Å². The number of pyridine rings is 1. The Kier molecular flexibility index (Phi) is 4.41. The fourth-order valence-corrected chi connectivity index (χ4v) is 3.02. The second-order valence-corrected chi connectivity index (χ2v) is 6.54. The van der Waals surface area contributed by atoms with Crippen molar-refractivity contribution in [2.75, 3.05) is 24.3 Å². The van der Waals surface area contributed by atoms with Gasteiger partial charge in [0.25, 0.3) is 5.56 Å². The van der Waals surface area contributed by atoms with Gasteiger partial charge in [0.1, 0.15) is 11.2 Å². The Balaban J connectivity index is 2.03. The number of aromatic nitrogens is 3. The summed E-state index contributed by atoms with van der Waals surface area (Å²) in [4.78, 5) is 34.9. The number of nitrogens with one attached hydrogen (secondary N) is 2. The Morgan fingerprint density at radius 3 is 2.25 bits per heavy atom. The van der Waals surface area contributed by atoms with Crippen LogP contribution in [0.25, 0.3) is 16.7 Å². The van der Waals surface area contributed by atoms with E-state index in [4.69, 9.17) is 0 Å². The van der Waals surface area contributed by atoms with Crippen molar-refractivity contribution in [1.29, 1.82) is 0 Å². The number of hydrogen-bond acceptors (Lipinski definition) is 5. The molecule has 0 aliphatic carbocycles. The first kappa shape index (κ1) is 17.5. The number of para-hydroxylation sites is 2. The van der Waals surface area contributed by atoms with Gasteiger partial charge in [0.05, 0.1) is 11.4 Å². The van der Waals surface area contributed by atoms with Gasteiger partial charge in [-0.3, -0.25) is 9.78 Å². The Morgan fingerprint density at radius 1 is 0.964 bits per heavy atom. The molecule has 28 heavy (non-hydrogen) atoms. The van der Waals surface area contributed by atoms with Gasteiger partial charge in [-0.05, 0) is 24.3 Å². The van der Waals surface area contributed by atoms with E-state index < -0.39 is 11.2 Å². The van der Waals surface area contributed by atoms with E-state index in [-0.39, 0.29) is 5.65 Å². The van der Waals surface area contributed by atoms with Crippen LogP contribution in [0.2, 0.25) is 0 Å². The van der Waals surface area contributed by atoms with E-state index >= 15 is 0 Å². The third-order valence-corrected chi connectivity index (χ3v) is 4.38. The second-order valence-electron chi connectivity index (χ2n) is 6.54. The second kappa shape index (κ2) is 7.03.